The van der Waals surface area contributed by atoms with Crippen LogP contribution in [0.3, 0.4) is 0 Å². The Bertz CT molecular complexity index is 162. The molecular weight excluding hydrogens is 161 g/mol. The van der Waals surface area contributed by atoms with Crippen molar-refractivity contribution in [3.05, 3.63) is 0 Å². The van der Waals surface area contributed by atoms with Crippen molar-refractivity contribution in [1.82, 2.24) is 5.32 Å². The third-order valence-corrected chi connectivity index (χ3v) is 1.15. The van der Waals surface area contributed by atoms with Crippen LogP contribution in [0.1, 0.15) is 12.8 Å². The molecule has 0 unspecified atom stereocenters. The zero-order valence-electron chi connectivity index (χ0n) is 6.58. The van der Waals surface area contributed by atoms with Crippen LogP contribution in [0.25, 0.3) is 0 Å². The first kappa shape index (κ1) is 11.0. The van der Waals surface area contributed by atoms with Crippen LogP contribution < -0.4 is 5.32 Å². The van der Waals surface area contributed by atoms with Crippen LogP contribution in [-0.2, 0) is 14.2 Å². The summed E-state index contributed by atoms with van der Waals surface area (Å²) in [4.78, 5) is 20.4. The molecule has 5 nitrogen and oxygen atoms in total. The molecule has 2 N–H and O–H groups in total. The van der Waals surface area contributed by atoms with Crippen molar-refractivity contribution in [3.8, 4) is 0 Å². The Hall–Kier alpha value is -1.04. The van der Waals surface area contributed by atoms with Crippen molar-refractivity contribution < 1.29 is 19.3 Å². The highest BCUT2D eigenvalue weighted by Crippen LogP contribution is 1.81. The SMILES string of the molecule is [B]OC(=O)CCNCCC(=O)O. The summed E-state index contributed by atoms with van der Waals surface area (Å²) in [6, 6.07) is 0. The molecule has 0 heterocycles. The lowest BCUT2D eigenvalue weighted by Gasteiger charge is -2.01. The molecule has 66 valence electrons. The fourth-order valence-corrected chi connectivity index (χ4v) is 0.570. The molecule has 0 saturated heterocycles. The highest BCUT2D eigenvalue weighted by molar-refractivity contribution is 6.05. The van der Waals surface area contributed by atoms with Crippen molar-refractivity contribution in [2.24, 2.45) is 0 Å². The van der Waals surface area contributed by atoms with Crippen LogP contribution in [0.4, 0.5) is 0 Å². The highest BCUT2D eigenvalue weighted by Gasteiger charge is 1.99. The van der Waals surface area contributed by atoms with E-state index in [1.807, 2.05) is 0 Å². The van der Waals surface area contributed by atoms with Gasteiger partial charge in [0.15, 0.2) is 0 Å². The Labute approximate surface area is 71.5 Å². The second-order valence-corrected chi connectivity index (χ2v) is 2.13. The maximum Gasteiger partial charge on any atom is 0.378 e. The summed E-state index contributed by atoms with van der Waals surface area (Å²) in [5.41, 5.74) is 0. The van der Waals surface area contributed by atoms with E-state index in [9.17, 15) is 9.59 Å². The number of hydrogen-bond donors (Lipinski definition) is 2. The molecule has 0 saturated carbocycles. The highest BCUT2D eigenvalue weighted by atomic mass is 16.5. The minimum absolute atomic E-state index is 0.0394. The Kier molecular flexibility index (Phi) is 6.09. The summed E-state index contributed by atoms with van der Waals surface area (Å²) in [5, 5.41) is 11.0. The number of carboxylic acids is 1. The number of nitrogens with one attached hydrogen (secondary N) is 1. The van der Waals surface area contributed by atoms with Gasteiger partial charge in [-0.1, -0.05) is 0 Å². The van der Waals surface area contributed by atoms with E-state index >= 15 is 0 Å². The summed E-state index contributed by atoms with van der Waals surface area (Å²) in [5.74, 6) is -1.39. The zero-order chi connectivity index (χ0) is 9.40. The molecule has 0 aliphatic heterocycles. The van der Waals surface area contributed by atoms with E-state index in [2.05, 4.69) is 18.0 Å². The average Bonchev–Trinajstić information content (AvgIpc) is 2.03. The molecule has 0 aromatic carbocycles. The minimum atomic E-state index is -0.871. The van der Waals surface area contributed by atoms with Gasteiger partial charge in [0, 0.05) is 13.1 Å². The quantitative estimate of drug-likeness (QED) is 0.398. The molecule has 12 heavy (non-hydrogen) atoms. The lowest BCUT2D eigenvalue weighted by atomic mass is 10.4. The maximum atomic E-state index is 10.4. The smallest absolute Gasteiger partial charge is 0.378 e. The molecule has 0 fully saturated rings. The number of aliphatic carboxylic acids is 1. The predicted octanol–water partition coefficient (Wildman–Crippen LogP) is -0.932. The van der Waals surface area contributed by atoms with E-state index in [1.54, 1.807) is 0 Å². The number of carboxylic acid groups (broad SMARTS) is 1. The fourth-order valence-electron chi connectivity index (χ4n) is 0.570. The standard InChI is InChI=1S/C6H10BNO4/c7-12-6(11)2-4-8-3-1-5(9)10/h8H,1-4H2,(H,9,10). The summed E-state index contributed by atoms with van der Waals surface area (Å²) in [6.45, 7) is 0.719. The Balaban J connectivity index is 3.11. The Morgan fingerprint density at radius 1 is 1.33 bits per heavy atom. The molecule has 0 rings (SSSR count). The third-order valence-electron chi connectivity index (χ3n) is 1.15. The van der Waals surface area contributed by atoms with Gasteiger partial charge < -0.3 is 15.1 Å². The van der Waals surface area contributed by atoms with Gasteiger partial charge in [-0.2, -0.15) is 0 Å². The normalized spacial score (nSPS) is 9.33. The summed E-state index contributed by atoms with van der Waals surface area (Å²) in [6.07, 6.45) is 0.188. The minimum Gasteiger partial charge on any atom is -0.543 e. The van der Waals surface area contributed by atoms with Gasteiger partial charge in [-0.3, -0.25) is 9.59 Å². The number of rotatable bonds is 6. The second-order valence-electron chi connectivity index (χ2n) is 2.13. The first-order valence-corrected chi connectivity index (χ1v) is 3.49. The van der Waals surface area contributed by atoms with Crippen LogP contribution >= 0.6 is 0 Å². The third kappa shape index (κ3) is 7.08. The van der Waals surface area contributed by atoms with Crippen LogP contribution in [0.5, 0.6) is 0 Å². The van der Waals surface area contributed by atoms with Crippen LogP contribution in [-0.4, -0.2) is 38.2 Å². The van der Waals surface area contributed by atoms with E-state index in [1.165, 1.54) is 0 Å². The van der Waals surface area contributed by atoms with Gasteiger partial charge in [-0.25, -0.2) is 0 Å². The van der Waals surface area contributed by atoms with Crippen molar-refractivity contribution in [1.29, 1.82) is 0 Å². The van der Waals surface area contributed by atoms with Gasteiger partial charge >= 0.3 is 14.0 Å². The Morgan fingerprint density at radius 3 is 2.42 bits per heavy atom. The summed E-state index contributed by atoms with van der Waals surface area (Å²) >= 11 is 0. The lowest BCUT2D eigenvalue weighted by Crippen LogP contribution is -2.21. The largest absolute Gasteiger partial charge is 0.543 e. The van der Waals surface area contributed by atoms with Crippen LogP contribution in [0, 0.1) is 0 Å². The van der Waals surface area contributed by atoms with E-state index in [0.29, 0.717) is 13.1 Å². The van der Waals surface area contributed by atoms with Crippen molar-refractivity contribution in [2.75, 3.05) is 13.1 Å². The van der Waals surface area contributed by atoms with Gasteiger partial charge in [0.1, 0.15) is 0 Å². The lowest BCUT2D eigenvalue weighted by molar-refractivity contribution is -0.136. The molecular formula is C6H10BNO4. The summed E-state index contributed by atoms with van der Waals surface area (Å²) in [7, 11) is 4.56. The monoisotopic (exact) mass is 171 g/mol. The second kappa shape index (κ2) is 6.66. The van der Waals surface area contributed by atoms with E-state index < -0.39 is 11.9 Å². The maximum absolute atomic E-state index is 10.4. The molecule has 6 heteroatoms. The topological polar surface area (TPSA) is 75.6 Å². The first-order valence-electron chi connectivity index (χ1n) is 3.49. The fraction of sp³-hybridized carbons (Fsp3) is 0.667. The number of carbonyl (C=O) groups is 2. The molecule has 0 amide bonds. The predicted molar refractivity (Wildman–Crippen MR) is 41.6 cm³/mol. The van der Waals surface area contributed by atoms with Gasteiger partial charge in [0.05, 0.1) is 12.8 Å². The van der Waals surface area contributed by atoms with Gasteiger partial charge in [0.25, 0.3) is 5.97 Å². The van der Waals surface area contributed by atoms with Gasteiger partial charge in [-0.05, 0) is 0 Å². The first-order chi connectivity index (χ1) is 5.66. The van der Waals surface area contributed by atoms with Gasteiger partial charge in [-0.15, -0.1) is 0 Å². The average molecular weight is 171 g/mol. The van der Waals surface area contributed by atoms with Crippen molar-refractivity contribution >= 4 is 20.0 Å². The summed E-state index contributed by atoms with van der Waals surface area (Å²) < 4.78 is 3.88. The number of hydrogen-bond acceptors (Lipinski definition) is 4. The van der Waals surface area contributed by atoms with E-state index in [0.717, 1.165) is 0 Å². The van der Waals surface area contributed by atoms with Crippen LogP contribution in [0.15, 0.2) is 0 Å². The molecule has 0 aromatic heterocycles. The molecule has 0 aliphatic carbocycles. The number of carbonyl (C=O) groups excluding carboxylic acids is 1. The Morgan fingerprint density at radius 2 is 1.92 bits per heavy atom. The van der Waals surface area contributed by atoms with Gasteiger partial charge in [0.2, 0.25) is 0 Å². The zero-order valence-corrected chi connectivity index (χ0v) is 6.58. The van der Waals surface area contributed by atoms with Crippen molar-refractivity contribution in [2.45, 2.75) is 12.8 Å². The van der Waals surface area contributed by atoms with E-state index in [4.69, 9.17) is 5.11 Å². The molecule has 0 spiro atoms. The molecule has 0 aliphatic rings. The van der Waals surface area contributed by atoms with Crippen molar-refractivity contribution in [3.63, 3.8) is 0 Å². The van der Waals surface area contributed by atoms with E-state index in [-0.39, 0.29) is 12.8 Å². The molecule has 2 radical (unpaired) electrons. The molecule has 0 aromatic rings. The molecule has 0 atom stereocenters. The molecule has 0 bridgehead atoms. The van der Waals surface area contributed by atoms with Crippen LogP contribution in [0.2, 0.25) is 0 Å².